The Morgan fingerprint density at radius 1 is 1.25 bits per heavy atom. The SMILES string of the molecule is CCNC(=NCCCn1ccnc1)NCCOC1CCCCCC1. The Labute approximate surface area is 146 Å². The third-order valence-electron chi connectivity index (χ3n) is 4.30. The highest BCUT2D eigenvalue weighted by atomic mass is 16.5. The van der Waals surface area contributed by atoms with Crippen LogP contribution in [0.2, 0.25) is 0 Å². The zero-order chi connectivity index (χ0) is 16.9. The third kappa shape index (κ3) is 7.81. The maximum Gasteiger partial charge on any atom is 0.191 e. The van der Waals surface area contributed by atoms with Crippen molar-refractivity contribution in [3.05, 3.63) is 18.7 Å². The van der Waals surface area contributed by atoms with Crippen molar-refractivity contribution >= 4 is 5.96 Å². The summed E-state index contributed by atoms with van der Waals surface area (Å²) in [7, 11) is 0. The molecular formula is C18H33N5O. The monoisotopic (exact) mass is 335 g/mol. The van der Waals surface area contributed by atoms with Gasteiger partial charge in [-0.1, -0.05) is 25.7 Å². The number of aliphatic imine (C=N–C) groups is 1. The maximum atomic E-state index is 6.01. The van der Waals surface area contributed by atoms with Crippen molar-refractivity contribution in [2.75, 3.05) is 26.2 Å². The number of imidazole rings is 1. The first-order valence-corrected chi connectivity index (χ1v) is 9.48. The Morgan fingerprint density at radius 2 is 2.08 bits per heavy atom. The zero-order valence-corrected chi connectivity index (χ0v) is 15.0. The molecule has 0 atom stereocenters. The molecule has 0 spiro atoms. The summed E-state index contributed by atoms with van der Waals surface area (Å²) < 4.78 is 8.09. The van der Waals surface area contributed by atoms with E-state index in [4.69, 9.17) is 4.74 Å². The second kappa shape index (κ2) is 11.9. The van der Waals surface area contributed by atoms with Gasteiger partial charge in [-0.15, -0.1) is 0 Å². The molecule has 136 valence electrons. The van der Waals surface area contributed by atoms with Gasteiger partial charge in [0.25, 0.3) is 0 Å². The molecule has 1 aliphatic carbocycles. The summed E-state index contributed by atoms with van der Waals surface area (Å²) >= 11 is 0. The van der Waals surface area contributed by atoms with Crippen LogP contribution < -0.4 is 10.6 Å². The van der Waals surface area contributed by atoms with Crippen LogP contribution in [0.3, 0.4) is 0 Å². The Morgan fingerprint density at radius 3 is 2.79 bits per heavy atom. The summed E-state index contributed by atoms with van der Waals surface area (Å²) in [5, 5.41) is 6.65. The minimum absolute atomic E-state index is 0.462. The first-order valence-electron chi connectivity index (χ1n) is 9.48. The summed E-state index contributed by atoms with van der Waals surface area (Å²) in [4.78, 5) is 8.67. The largest absolute Gasteiger partial charge is 0.376 e. The first-order chi connectivity index (χ1) is 11.9. The molecule has 1 aromatic heterocycles. The van der Waals surface area contributed by atoms with Gasteiger partial charge in [-0.2, -0.15) is 0 Å². The van der Waals surface area contributed by atoms with E-state index < -0.39 is 0 Å². The van der Waals surface area contributed by atoms with Crippen LogP contribution in [0, 0.1) is 0 Å². The number of nitrogens with one attached hydrogen (secondary N) is 2. The molecular weight excluding hydrogens is 302 g/mol. The lowest BCUT2D eigenvalue weighted by molar-refractivity contribution is 0.0468. The van der Waals surface area contributed by atoms with Crippen LogP contribution in [0.1, 0.15) is 51.9 Å². The summed E-state index contributed by atoms with van der Waals surface area (Å²) in [6.45, 7) is 6.28. The lowest BCUT2D eigenvalue weighted by Gasteiger charge is -2.16. The molecule has 0 aromatic carbocycles. The van der Waals surface area contributed by atoms with Crippen molar-refractivity contribution in [2.45, 2.75) is 64.5 Å². The number of aryl methyl sites for hydroxylation is 1. The van der Waals surface area contributed by atoms with Crippen molar-refractivity contribution in [3.63, 3.8) is 0 Å². The molecule has 0 amide bonds. The highest BCUT2D eigenvalue weighted by molar-refractivity contribution is 5.79. The van der Waals surface area contributed by atoms with E-state index in [0.29, 0.717) is 6.10 Å². The van der Waals surface area contributed by atoms with Crippen LogP contribution in [0.25, 0.3) is 0 Å². The van der Waals surface area contributed by atoms with Gasteiger partial charge in [-0.25, -0.2) is 4.98 Å². The molecule has 2 rings (SSSR count). The summed E-state index contributed by atoms with van der Waals surface area (Å²) in [5.41, 5.74) is 0. The fourth-order valence-electron chi connectivity index (χ4n) is 3.01. The standard InChI is InChI=1S/C18H33N5O/c1-2-20-18(21-10-7-13-23-14-11-19-16-23)22-12-15-24-17-8-5-3-4-6-9-17/h11,14,16-17H,2-10,12-13,15H2,1H3,(H2,20,21,22). The van der Waals surface area contributed by atoms with Gasteiger partial charge < -0.3 is 19.9 Å². The molecule has 0 radical (unpaired) electrons. The molecule has 2 N–H and O–H groups in total. The highest BCUT2D eigenvalue weighted by Gasteiger charge is 2.12. The van der Waals surface area contributed by atoms with Gasteiger partial charge in [0.1, 0.15) is 0 Å². The van der Waals surface area contributed by atoms with Crippen molar-refractivity contribution in [1.29, 1.82) is 0 Å². The predicted molar refractivity (Wildman–Crippen MR) is 98.3 cm³/mol. The van der Waals surface area contributed by atoms with Gasteiger partial charge in [0.15, 0.2) is 5.96 Å². The normalized spacial score (nSPS) is 16.8. The molecule has 0 bridgehead atoms. The number of guanidine groups is 1. The first kappa shape index (κ1) is 18.8. The molecule has 0 unspecified atom stereocenters. The molecule has 1 saturated carbocycles. The number of aromatic nitrogens is 2. The van der Waals surface area contributed by atoms with Crippen LogP contribution in [-0.2, 0) is 11.3 Å². The highest BCUT2D eigenvalue weighted by Crippen LogP contribution is 2.19. The molecule has 1 aliphatic rings. The second-order valence-electron chi connectivity index (χ2n) is 6.33. The maximum absolute atomic E-state index is 6.01. The van der Waals surface area contributed by atoms with E-state index >= 15 is 0 Å². The fourth-order valence-corrected chi connectivity index (χ4v) is 3.01. The van der Waals surface area contributed by atoms with Crippen molar-refractivity contribution in [3.8, 4) is 0 Å². The zero-order valence-electron chi connectivity index (χ0n) is 15.0. The van der Waals surface area contributed by atoms with Gasteiger partial charge in [0.05, 0.1) is 19.0 Å². The smallest absolute Gasteiger partial charge is 0.191 e. The Kier molecular flexibility index (Phi) is 9.31. The van der Waals surface area contributed by atoms with Gasteiger partial charge in [-0.3, -0.25) is 4.99 Å². The molecule has 0 aliphatic heterocycles. The van der Waals surface area contributed by atoms with E-state index in [0.717, 1.165) is 45.2 Å². The molecule has 1 heterocycles. The molecule has 1 aromatic rings. The average molecular weight is 335 g/mol. The van der Waals surface area contributed by atoms with Crippen LogP contribution in [0.4, 0.5) is 0 Å². The van der Waals surface area contributed by atoms with Crippen molar-refractivity contribution < 1.29 is 4.74 Å². The molecule has 24 heavy (non-hydrogen) atoms. The summed E-state index contributed by atoms with van der Waals surface area (Å²) in [6, 6.07) is 0. The Balaban J connectivity index is 1.59. The van der Waals surface area contributed by atoms with Gasteiger partial charge >= 0.3 is 0 Å². The van der Waals surface area contributed by atoms with E-state index in [9.17, 15) is 0 Å². The van der Waals surface area contributed by atoms with Gasteiger partial charge in [-0.05, 0) is 26.2 Å². The average Bonchev–Trinajstić information content (AvgIpc) is 2.97. The van der Waals surface area contributed by atoms with Crippen LogP contribution in [0.15, 0.2) is 23.7 Å². The fraction of sp³-hybridized carbons (Fsp3) is 0.778. The summed E-state index contributed by atoms with van der Waals surface area (Å²) in [6.07, 6.45) is 14.9. The van der Waals surface area contributed by atoms with Crippen molar-refractivity contribution in [1.82, 2.24) is 20.2 Å². The molecule has 6 heteroatoms. The second-order valence-corrected chi connectivity index (χ2v) is 6.33. The predicted octanol–water partition coefficient (Wildman–Crippen LogP) is 2.57. The van der Waals surface area contributed by atoms with Gasteiger partial charge in [0, 0.05) is 38.6 Å². The summed E-state index contributed by atoms with van der Waals surface area (Å²) in [5.74, 6) is 0.882. The number of rotatable bonds is 9. The number of nitrogens with zero attached hydrogens (tertiary/aromatic N) is 3. The van der Waals surface area contributed by atoms with Crippen LogP contribution in [-0.4, -0.2) is 47.9 Å². The minimum atomic E-state index is 0.462. The lowest BCUT2D eigenvalue weighted by atomic mass is 10.1. The van der Waals surface area contributed by atoms with E-state index in [1.807, 2.05) is 18.7 Å². The topological polar surface area (TPSA) is 63.5 Å². The van der Waals surface area contributed by atoms with Crippen LogP contribution >= 0.6 is 0 Å². The van der Waals surface area contributed by atoms with E-state index in [1.54, 1.807) is 0 Å². The number of ether oxygens (including phenoxy) is 1. The Hall–Kier alpha value is -1.56. The van der Waals surface area contributed by atoms with E-state index in [1.165, 1.54) is 38.5 Å². The van der Waals surface area contributed by atoms with E-state index in [2.05, 4.69) is 32.1 Å². The minimum Gasteiger partial charge on any atom is -0.376 e. The Bertz CT molecular complexity index is 438. The third-order valence-corrected chi connectivity index (χ3v) is 4.30. The molecule has 1 fully saturated rings. The molecule has 6 nitrogen and oxygen atoms in total. The van der Waals surface area contributed by atoms with Crippen LogP contribution in [0.5, 0.6) is 0 Å². The van der Waals surface area contributed by atoms with Gasteiger partial charge in [0.2, 0.25) is 0 Å². The van der Waals surface area contributed by atoms with Crippen molar-refractivity contribution in [2.24, 2.45) is 4.99 Å². The van der Waals surface area contributed by atoms with E-state index in [-0.39, 0.29) is 0 Å². The molecule has 0 saturated heterocycles. The number of hydrogen-bond acceptors (Lipinski definition) is 3. The number of hydrogen-bond donors (Lipinski definition) is 2. The lowest BCUT2D eigenvalue weighted by Crippen LogP contribution is -2.39. The quantitative estimate of drug-likeness (QED) is 0.315.